The molecule has 0 saturated heterocycles. The van der Waals surface area contributed by atoms with Crippen LogP contribution in [0, 0.1) is 0 Å². The van der Waals surface area contributed by atoms with Gasteiger partial charge < -0.3 is 0 Å². The van der Waals surface area contributed by atoms with E-state index in [9.17, 15) is 0 Å². The van der Waals surface area contributed by atoms with Crippen LogP contribution in [0.1, 0.15) is 74.6 Å². The van der Waals surface area contributed by atoms with Gasteiger partial charge in [-0.05, 0) is 48.3 Å². The van der Waals surface area contributed by atoms with Crippen LogP contribution in [0.4, 0.5) is 0 Å². The molecule has 0 radical (unpaired) electrons. The van der Waals surface area contributed by atoms with Gasteiger partial charge in [-0.25, -0.2) is 0 Å². The maximum Gasteiger partial charge on any atom is 0.221 e. The number of nitrogens with zero attached hydrogens (tertiary/aromatic N) is 1. The third kappa shape index (κ3) is 1.88. The van der Waals surface area contributed by atoms with Gasteiger partial charge in [0.05, 0.1) is 10.9 Å². The first-order valence-corrected chi connectivity index (χ1v) is 10.9. The van der Waals surface area contributed by atoms with E-state index in [1.165, 1.54) is 66.1 Å². The first kappa shape index (κ1) is 15.9. The molecule has 1 fully saturated rings. The fraction of sp³-hybridized carbons (Fsp3) is 0.423. The smallest absolute Gasteiger partial charge is 0.189 e. The second-order valence-corrected chi connectivity index (χ2v) is 9.00. The van der Waals surface area contributed by atoms with E-state index >= 15 is 0 Å². The van der Waals surface area contributed by atoms with E-state index in [2.05, 4.69) is 66.9 Å². The lowest BCUT2D eigenvalue weighted by Crippen LogP contribution is -2.63. The molecule has 2 heterocycles. The minimum Gasteiger partial charge on any atom is -0.189 e. The lowest BCUT2D eigenvalue weighted by atomic mass is 9.76. The Balaban J connectivity index is 1.85. The Labute approximate surface area is 162 Å². The van der Waals surface area contributed by atoms with E-state index in [-0.39, 0.29) is 5.54 Å². The largest absolute Gasteiger partial charge is 0.221 e. The van der Waals surface area contributed by atoms with Crippen LogP contribution in [0.2, 0.25) is 0 Å². The first-order chi connectivity index (χ1) is 13.3. The van der Waals surface area contributed by atoms with E-state index in [4.69, 9.17) is 0 Å². The molecule has 27 heavy (non-hydrogen) atoms. The van der Waals surface area contributed by atoms with Gasteiger partial charge in [-0.1, -0.05) is 50.2 Å². The van der Waals surface area contributed by atoms with Crippen molar-refractivity contribution < 1.29 is 4.57 Å². The Morgan fingerprint density at radius 2 is 1.59 bits per heavy atom. The zero-order chi connectivity index (χ0) is 18.2. The monoisotopic (exact) mass is 354 g/mol. The maximum absolute atomic E-state index is 2.87. The van der Waals surface area contributed by atoms with Crippen molar-refractivity contribution in [3.05, 3.63) is 65.4 Å². The van der Waals surface area contributed by atoms with Crippen LogP contribution in [0.25, 0.3) is 22.0 Å². The highest BCUT2D eigenvalue weighted by molar-refractivity contribution is 5.97. The average Bonchev–Trinajstić information content (AvgIpc) is 3.35. The summed E-state index contributed by atoms with van der Waals surface area (Å²) in [4.78, 5) is 0. The topological polar surface area (TPSA) is 3.88 Å². The molecule has 3 aromatic rings. The summed E-state index contributed by atoms with van der Waals surface area (Å²) in [6.07, 6.45) is 7.75. The summed E-state index contributed by atoms with van der Waals surface area (Å²) in [5.74, 6) is 1.56. The van der Waals surface area contributed by atoms with Gasteiger partial charge in [0.25, 0.3) is 0 Å². The summed E-state index contributed by atoms with van der Waals surface area (Å²) in [6.45, 7) is 4.81. The Bertz CT molecular complexity index is 1070. The van der Waals surface area contributed by atoms with Crippen LogP contribution in [0.3, 0.4) is 0 Å². The predicted octanol–water partition coefficient (Wildman–Crippen LogP) is 6.23. The molecular formula is C26H28N+. The molecule has 1 saturated carbocycles. The second kappa shape index (κ2) is 5.44. The molecule has 6 rings (SSSR count). The van der Waals surface area contributed by atoms with E-state index in [0.717, 1.165) is 11.8 Å². The summed E-state index contributed by atoms with van der Waals surface area (Å²) < 4.78 is 2.87. The number of benzene rings is 2. The summed E-state index contributed by atoms with van der Waals surface area (Å²) in [5.41, 5.74) is 8.14. The Kier molecular flexibility index (Phi) is 3.20. The first-order valence-electron chi connectivity index (χ1n) is 10.9. The van der Waals surface area contributed by atoms with E-state index in [0.29, 0.717) is 0 Å². The Hall–Kier alpha value is -2.15. The molecule has 1 aliphatic heterocycles. The molecule has 2 atom stereocenters. The van der Waals surface area contributed by atoms with Crippen molar-refractivity contribution in [2.24, 2.45) is 0 Å². The van der Waals surface area contributed by atoms with Gasteiger partial charge >= 0.3 is 0 Å². The highest BCUT2D eigenvalue weighted by Gasteiger charge is 2.53. The van der Waals surface area contributed by atoms with Crippen LogP contribution in [-0.4, -0.2) is 0 Å². The van der Waals surface area contributed by atoms with E-state index in [1.54, 1.807) is 11.3 Å². The molecule has 1 heteroatoms. The fourth-order valence-corrected chi connectivity index (χ4v) is 6.66. The summed E-state index contributed by atoms with van der Waals surface area (Å²) in [6, 6.07) is 18.4. The van der Waals surface area contributed by atoms with Gasteiger partial charge in [-0.2, -0.15) is 4.57 Å². The van der Waals surface area contributed by atoms with Crippen molar-refractivity contribution >= 4 is 10.8 Å². The van der Waals surface area contributed by atoms with Crippen LogP contribution < -0.4 is 4.57 Å². The molecular weight excluding hydrogens is 326 g/mol. The van der Waals surface area contributed by atoms with Crippen LogP contribution >= 0.6 is 0 Å². The molecule has 1 aromatic heterocycles. The van der Waals surface area contributed by atoms with Crippen molar-refractivity contribution in [3.63, 3.8) is 0 Å². The van der Waals surface area contributed by atoms with Crippen molar-refractivity contribution in [1.29, 1.82) is 0 Å². The SMILES string of the molecule is CCC1(CC)Cc2ccccc2-c2c3ccccc3c3c([n+]21)C1CCC3C1. The van der Waals surface area contributed by atoms with Crippen LogP contribution in [-0.2, 0) is 12.0 Å². The highest BCUT2D eigenvalue weighted by atomic mass is 15.1. The van der Waals surface area contributed by atoms with Gasteiger partial charge in [0.15, 0.2) is 11.2 Å². The second-order valence-electron chi connectivity index (χ2n) is 9.00. The zero-order valence-electron chi connectivity index (χ0n) is 16.5. The van der Waals surface area contributed by atoms with Crippen molar-refractivity contribution in [2.75, 3.05) is 0 Å². The molecule has 2 unspecified atom stereocenters. The zero-order valence-corrected chi connectivity index (χ0v) is 16.5. The average molecular weight is 355 g/mol. The van der Waals surface area contributed by atoms with Gasteiger partial charge in [0.2, 0.25) is 5.69 Å². The minimum absolute atomic E-state index is 0.224. The summed E-state index contributed by atoms with van der Waals surface area (Å²) >= 11 is 0. The third-order valence-electron chi connectivity index (χ3n) is 8.02. The van der Waals surface area contributed by atoms with Crippen LogP contribution in [0.5, 0.6) is 0 Å². The van der Waals surface area contributed by atoms with Crippen molar-refractivity contribution in [1.82, 2.24) is 0 Å². The Morgan fingerprint density at radius 1 is 0.889 bits per heavy atom. The molecule has 1 nitrogen and oxygen atoms in total. The van der Waals surface area contributed by atoms with Gasteiger partial charge in [0.1, 0.15) is 0 Å². The summed E-state index contributed by atoms with van der Waals surface area (Å²) in [7, 11) is 0. The van der Waals surface area contributed by atoms with Crippen molar-refractivity contribution in [2.45, 2.75) is 69.7 Å². The number of hydrogen-bond acceptors (Lipinski definition) is 0. The highest BCUT2D eigenvalue weighted by Crippen LogP contribution is 2.56. The number of aromatic nitrogens is 1. The molecule has 136 valence electrons. The molecule has 2 bridgehead atoms. The third-order valence-corrected chi connectivity index (χ3v) is 8.02. The summed E-state index contributed by atoms with van der Waals surface area (Å²) in [5, 5.41) is 3.01. The number of fused-ring (bicyclic) bond motifs is 12. The normalized spacial score (nSPS) is 23.9. The van der Waals surface area contributed by atoms with Crippen molar-refractivity contribution in [3.8, 4) is 11.3 Å². The predicted molar refractivity (Wildman–Crippen MR) is 111 cm³/mol. The molecule has 2 aromatic carbocycles. The lowest BCUT2D eigenvalue weighted by molar-refractivity contribution is -0.764. The van der Waals surface area contributed by atoms with Gasteiger partial charge in [-0.15, -0.1) is 0 Å². The molecule has 0 spiro atoms. The number of rotatable bonds is 2. The Morgan fingerprint density at radius 3 is 2.41 bits per heavy atom. The maximum atomic E-state index is 2.87. The number of pyridine rings is 1. The van der Waals surface area contributed by atoms with Gasteiger partial charge in [0, 0.05) is 30.7 Å². The standard InChI is InChI=1S/C26H28N/c1-3-26(4-2)16-19-9-5-6-10-20(19)25-22-12-8-7-11-21(22)23-17-13-14-18(15-17)24(23)27(25)26/h5-12,17-18H,3-4,13-16H2,1-2H3/q+1. The van der Waals surface area contributed by atoms with E-state index < -0.39 is 0 Å². The van der Waals surface area contributed by atoms with E-state index in [1.807, 2.05) is 0 Å². The molecule has 2 aliphatic carbocycles. The molecule has 3 aliphatic rings. The fourth-order valence-electron chi connectivity index (χ4n) is 6.66. The molecule has 0 amide bonds. The minimum atomic E-state index is 0.224. The number of hydrogen-bond donors (Lipinski definition) is 0. The lowest BCUT2D eigenvalue weighted by Gasteiger charge is -2.36. The molecule has 0 N–H and O–H groups in total. The van der Waals surface area contributed by atoms with Crippen LogP contribution in [0.15, 0.2) is 48.5 Å². The quantitative estimate of drug-likeness (QED) is 0.480. The van der Waals surface area contributed by atoms with Gasteiger partial charge in [-0.3, -0.25) is 0 Å².